The fraction of sp³-hybridized carbons (Fsp3) is 0.286. The Morgan fingerprint density at radius 3 is 2.25 bits per heavy atom. The van der Waals surface area contributed by atoms with E-state index in [-0.39, 0.29) is 0 Å². The lowest BCUT2D eigenvalue weighted by Gasteiger charge is -2.36. The van der Waals surface area contributed by atoms with Crippen LogP contribution in [-0.4, -0.2) is 36.1 Å². The van der Waals surface area contributed by atoms with Gasteiger partial charge in [-0.2, -0.15) is 4.98 Å². The summed E-state index contributed by atoms with van der Waals surface area (Å²) in [6, 6.07) is 12.2. The number of anilines is 3. The first-order chi connectivity index (χ1) is 9.72. The molecule has 0 amide bonds. The van der Waals surface area contributed by atoms with Crippen LogP contribution in [0.25, 0.3) is 0 Å². The summed E-state index contributed by atoms with van der Waals surface area (Å²) in [6.45, 7) is 3.70. The third kappa shape index (κ3) is 2.85. The molecular weight excluding hydrogens is 318 g/mol. The van der Waals surface area contributed by atoms with Gasteiger partial charge in [0.15, 0.2) is 0 Å². The number of hydrogen-bond acceptors (Lipinski definition) is 5. The number of aromatic nitrogens is 2. The van der Waals surface area contributed by atoms with Crippen LogP contribution in [0.15, 0.2) is 41.0 Å². The largest absolute Gasteiger partial charge is 0.383 e. The number of halogens is 1. The molecule has 0 aliphatic carbocycles. The first kappa shape index (κ1) is 13.2. The summed E-state index contributed by atoms with van der Waals surface area (Å²) in [5.74, 6) is 1.19. The Balaban J connectivity index is 1.69. The zero-order chi connectivity index (χ0) is 13.9. The van der Waals surface area contributed by atoms with Crippen molar-refractivity contribution in [2.24, 2.45) is 0 Å². The van der Waals surface area contributed by atoms with Gasteiger partial charge in [0.2, 0.25) is 5.95 Å². The summed E-state index contributed by atoms with van der Waals surface area (Å²) in [4.78, 5) is 13.2. The van der Waals surface area contributed by atoms with Crippen molar-refractivity contribution >= 4 is 33.4 Å². The second-order valence-corrected chi connectivity index (χ2v) is 5.54. The van der Waals surface area contributed by atoms with E-state index in [9.17, 15) is 0 Å². The highest BCUT2D eigenvalue weighted by Crippen LogP contribution is 2.20. The van der Waals surface area contributed by atoms with E-state index in [4.69, 9.17) is 5.73 Å². The normalized spacial score (nSPS) is 15.4. The van der Waals surface area contributed by atoms with Crippen LogP contribution in [-0.2, 0) is 0 Å². The summed E-state index contributed by atoms with van der Waals surface area (Å²) >= 11 is 3.36. The maximum absolute atomic E-state index is 5.77. The fourth-order valence-electron chi connectivity index (χ4n) is 2.37. The maximum Gasteiger partial charge on any atom is 0.228 e. The summed E-state index contributed by atoms with van der Waals surface area (Å²) in [5, 5.41) is 0. The monoisotopic (exact) mass is 333 g/mol. The summed E-state index contributed by atoms with van der Waals surface area (Å²) < 4.78 is 0.727. The van der Waals surface area contributed by atoms with E-state index in [0.717, 1.165) is 30.8 Å². The van der Waals surface area contributed by atoms with E-state index in [1.807, 2.05) is 6.07 Å². The van der Waals surface area contributed by atoms with E-state index in [0.29, 0.717) is 11.8 Å². The molecule has 0 atom stereocenters. The Morgan fingerprint density at radius 1 is 0.950 bits per heavy atom. The van der Waals surface area contributed by atoms with Crippen LogP contribution in [0.1, 0.15) is 0 Å². The molecule has 0 saturated carbocycles. The summed E-state index contributed by atoms with van der Waals surface area (Å²) in [7, 11) is 0. The first-order valence-electron chi connectivity index (χ1n) is 6.57. The van der Waals surface area contributed by atoms with Gasteiger partial charge in [-0.3, -0.25) is 0 Å². The number of piperazine rings is 1. The third-order valence-electron chi connectivity index (χ3n) is 3.39. The summed E-state index contributed by atoms with van der Waals surface area (Å²) in [5.41, 5.74) is 7.03. The maximum atomic E-state index is 5.77. The van der Waals surface area contributed by atoms with Gasteiger partial charge in [0.05, 0.1) is 0 Å². The van der Waals surface area contributed by atoms with Crippen LogP contribution in [0.5, 0.6) is 0 Å². The van der Waals surface area contributed by atoms with Gasteiger partial charge in [0.1, 0.15) is 10.4 Å². The van der Waals surface area contributed by atoms with E-state index < -0.39 is 0 Å². The molecule has 0 radical (unpaired) electrons. The number of rotatable bonds is 2. The quantitative estimate of drug-likeness (QED) is 0.853. The average Bonchev–Trinajstić information content (AvgIpc) is 2.47. The highest BCUT2D eigenvalue weighted by molar-refractivity contribution is 9.10. The highest BCUT2D eigenvalue weighted by Gasteiger charge is 2.19. The topological polar surface area (TPSA) is 58.3 Å². The molecule has 0 unspecified atom stereocenters. The molecular formula is C14H16BrN5. The Kier molecular flexibility index (Phi) is 3.73. The van der Waals surface area contributed by atoms with Gasteiger partial charge in [-0.25, -0.2) is 4.98 Å². The zero-order valence-corrected chi connectivity index (χ0v) is 12.6. The van der Waals surface area contributed by atoms with Crippen molar-refractivity contribution < 1.29 is 0 Å². The number of nitrogens with zero attached hydrogens (tertiary/aromatic N) is 4. The number of nitrogens with two attached hydrogens (primary N) is 1. The van der Waals surface area contributed by atoms with E-state index in [1.54, 1.807) is 6.07 Å². The Morgan fingerprint density at radius 2 is 1.60 bits per heavy atom. The molecule has 2 aromatic rings. The SMILES string of the molecule is Nc1cc(Br)nc(N2CCN(c3ccccc3)CC2)n1. The van der Waals surface area contributed by atoms with Gasteiger partial charge in [-0.1, -0.05) is 18.2 Å². The average molecular weight is 334 g/mol. The van der Waals surface area contributed by atoms with Crippen molar-refractivity contribution in [2.45, 2.75) is 0 Å². The minimum atomic E-state index is 0.493. The van der Waals surface area contributed by atoms with Gasteiger partial charge in [0, 0.05) is 37.9 Å². The first-order valence-corrected chi connectivity index (χ1v) is 7.37. The van der Waals surface area contributed by atoms with Gasteiger partial charge >= 0.3 is 0 Å². The fourth-order valence-corrected chi connectivity index (χ4v) is 2.76. The predicted molar refractivity (Wildman–Crippen MR) is 85.0 cm³/mol. The molecule has 1 saturated heterocycles. The third-order valence-corrected chi connectivity index (χ3v) is 3.79. The highest BCUT2D eigenvalue weighted by atomic mass is 79.9. The minimum absolute atomic E-state index is 0.493. The van der Waals surface area contributed by atoms with Crippen LogP contribution in [0.3, 0.4) is 0 Å². The lowest BCUT2D eigenvalue weighted by atomic mass is 10.2. The predicted octanol–water partition coefficient (Wildman–Crippen LogP) is 2.15. The van der Waals surface area contributed by atoms with Crippen LogP contribution in [0, 0.1) is 0 Å². The lowest BCUT2D eigenvalue weighted by Crippen LogP contribution is -2.47. The number of benzene rings is 1. The van der Waals surface area contributed by atoms with Crippen molar-refractivity contribution in [3.63, 3.8) is 0 Å². The molecule has 1 fully saturated rings. The van der Waals surface area contributed by atoms with Gasteiger partial charge in [-0.15, -0.1) is 0 Å². The Hall–Kier alpha value is -1.82. The van der Waals surface area contributed by atoms with Gasteiger partial charge < -0.3 is 15.5 Å². The second-order valence-electron chi connectivity index (χ2n) is 4.73. The van der Waals surface area contributed by atoms with Crippen LogP contribution in [0.4, 0.5) is 17.5 Å². The van der Waals surface area contributed by atoms with Crippen molar-refractivity contribution in [1.82, 2.24) is 9.97 Å². The molecule has 1 aliphatic heterocycles. The van der Waals surface area contributed by atoms with Gasteiger partial charge in [0.25, 0.3) is 0 Å². The van der Waals surface area contributed by atoms with E-state index in [2.05, 4.69) is 60.0 Å². The number of nitrogen functional groups attached to an aromatic ring is 1. The number of hydrogen-bond donors (Lipinski definition) is 1. The van der Waals surface area contributed by atoms with Crippen molar-refractivity contribution in [2.75, 3.05) is 41.7 Å². The van der Waals surface area contributed by atoms with Crippen LogP contribution >= 0.6 is 15.9 Å². The molecule has 2 heterocycles. The van der Waals surface area contributed by atoms with E-state index in [1.165, 1.54) is 5.69 Å². The Labute approximate surface area is 126 Å². The molecule has 2 N–H and O–H groups in total. The lowest BCUT2D eigenvalue weighted by molar-refractivity contribution is 0.640. The standard InChI is InChI=1S/C14H16BrN5/c15-12-10-13(16)18-14(17-12)20-8-6-19(7-9-20)11-4-2-1-3-5-11/h1-5,10H,6-9H2,(H2,16,17,18). The molecule has 1 aromatic heterocycles. The minimum Gasteiger partial charge on any atom is -0.383 e. The smallest absolute Gasteiger partial charge is 0.228 e. The van der Waals surface area contributed by atoms with Crippen molar-refractivity contribution in [3.05, 3.63) is 41.0 Å². The molecule has 1 aliphatic rings. The van der Waals surface area contributed by atoms with Crippen molar-refractivity contribution in [3.8, 4) is 0 Å². The van der Waals surface area contributed by atoms with E-state index >= 15 is 0 Å². The zero-order valence-electron chi connectivity index (χ0n) is 11.0. The molecule has 104 valence electrons. The number of para-hydroxylation sites is 1. The Bertz CT molecular complexity index is 561. The molecule has 6 heteroatoms. The molecule has 3 rings (SSSR count). The summed E-state index contributed by atoms with van der Waals surface area (Å²) in [6.07, 6.45) is 0. The van der Waals surface area contributed by atoms with Crippen molar-refractivity contribution in [1.29, 1.82) is 0 Å². The molecule has 5 nitrogen and oxygen atoms in total. The van der Waals surface area contributed by atoms with Crippen LogP contribution < -0.4 is 15.5 Å². The molecule has 0 spiro atoms. The van der Waals surface area contributed by atoms with Gasteiger partial charge in [-0.05, 0) is 28.1 Å². The molecule has 20 heavy (non-hydrogen) atoms. The second kappa shape index (κ2) is 5.66. The molecule has 0 bridgehead atoms. The molecule has 1 aromatic carbocycles. The van der Waals surface area contributed by atoms with Crippen LogP contribution in [0.2, 0.25) is 0 Å².